The molecule has 0 unspecified atom stereocenters. The molecule has 3 aromatic rings. The minimum absolute atomic E-state index is 0.280. The Morgan fingerprint density at radius 1 is 1.33 bits per heavy atom. The summed E-state index contributed by atoms with van der Waals surface area (Å²) >= 11 is 1.77. The number of nitriles is 1. The molecule has 104 valence electrons. The van der Waals surface area contributed by atoms with Crippen molar-refractivity contribution in [2.24, 2.45) is 0 Å². The summed E-state index contributed by atoms with van der Waals surface area (Å²) in [6.45, 7) is 2.11. The minimum atomic E-state index is 0.280. The quantitative estimate of drug-likeness (QED) is 0.744. The minimum Gasteiger partial charge on any atom is -0.333 e. The van der Waals surface area contributed by atoms with E-state index in [9.17, 15) is 0 Å². The van der Waals surface area contributed by atoms with Gasteiger partial charge in [0.2, 0.25) is 5.82 Å². The largest absolute Gasteiger partial charge is 0.333 e. The zero-order valence-electron chi connectivity index (χ0n) is 11.2. The van der Waals surface area contributed by atoms with Crippen molar-refractivity contribution in [3.05, 3.63) is 36.2 Å². The zero-order chi connectivity index (χ0) is 14.7. The van der Waals surface area contributed by atoms with Gasteiger partial charge in [-0.2, -0.15) is 15.3 Å². The first kappa shape index (κ1) is 13.4. The fourth-order valence-corrected chi connectivity index (χ4v) is 2.51. The molecule has 0 saturated heterocycles. The number of nitrogens with one attached hydrogen (secondary N) is 1. The number of hydrogen-bond donors (Lipinski definition) is 1. The average Bonchev–Trinajstić information content (AvgIpc) is 3.17. The van der Waals surface area contributed by atoms with Crippen LogP contribution < -0.4 is 0 Å². The van der Waals surface area contributed by atoms with E-state index in [1.54, 1.807) is 11.8 Å². The maximum absolute atomic E-state index is 8.96. The third-order valence-electron chi connectivity index (χ3n) is 2.83. The van der Waals surface area contributed by atoms with Crippen LogP contribution in [-0.4, -0.2) is 26.1 Å². The van der Waals surface area contributed by atoms with E-state index in [1.807, 2.05) is 30.3 Å². The summed E-state index contributed by atoms with van der Waals surface area (Å²) in [6, 6.07) is 9.95. The van der Waals surface area contributed by atoms with Crippen LogP contribution in [-0.2, 0) is 0 Å². The van der Waals surface area contributed by atoms with E-state index in [2.05, 4.69) is 27.3 Å². The summed E-state index contributed by atoms with van der Waals surface area (Å²) in [5.41, 5.74) is 1.68. The van der Waals surface area contributed by atoms with Crippen molar-refractivity contribution in [1.82, 2.24) is 20.3 Å². The molecule has 0 spiro atoms. The highest BCUT2D eigenvalue weighted by molar-refractivity contribution is 7.99. The van der Waals surface area contributed by atoms with Crippen LogP contribution in [0.2, 0.25) is 0 Å². The standard InChI is InChI=1S/C14H11N5OS/c1-2-21-10-5-3-9(4-6-10)13-17-14(20-19-13)11-8-16-18-12(11)7-15/h3-6,8H,2H2,1H3,(H,16,18). The van der Waals surface area contributed by atoms with Gasteiger partial charge < -0.3 is 4.52 Å². The molecule has 6 nitrogen and oxygen atoms in total. The first-order valence-electron chi connectivity index (χ1n) is 6.32. The molecule has 0 aliphatic rings. The highest BCUT2D eigenvalue weighted by Gasteiger charge is 2.15. The first-order chi connectivity index (χ1) is 10.3. The molecule has 2 heterocycles. The SMILES string of the molecule is CCSc1ccc(-c2noc(-c3cn[nH]c3C#N)n2)cc1. The Morgan fingerprint density at radius 3 is 2.86 bits per heavy atom. The molecule has 1 aromatic carbocycles. The predicted octanol–water partition coefficient (Wildman–Crippen LogP) is 3.11. The van der Waals surface area contributed by atoms with E-state index < -0.39 is 0 Å². The van der Waals surface area contributed by atoms with Gasteiger partial charge in [0, 0.05) is 10.5 Å². The van der Waals surface area contributed by atoms with Crippen molar-refractivity contribution in [1.29, 1.82) is 5.26 Å². The highest BCUT2D eigenvalue weighted by atomic mass is 32.2. The van der Waals surface area contributed by atoms with Crippen molar-refractivity contribution in [3.8, 4) is 28.9 Å². The zero-order valence-corrected chi connectivity index (χ0v) is 12.0. The number of H-pyrrole nitrogens is 1. The number of aromatic nitrogens is 4. The molecule has 0 radical (unpaired) electrons. The van der Waals surface area contributed by atoms with E-state index >= 15 is 0 Å². The van der Waals surface area contributed by atoms with E-state index in [1.165, 1.54) is 11.1 Å². The fourth-order valence-electron chi connectivity index (χ4n) is 1.85. The lowest BCUT2D eigenvalue weighted by Crippen LogP contribution is -1.83. The molecule has 2 aromatic heterocycles. The Morgan fingerprint density at radius 2 is 2.14 bits per heavy atom. The predicted molar refractivity (Wildman–Crippen MR) is 78.4 cm³/mol. The van der Waals surface area contributed by atoms with Crippen molar-refractivity contribution in [2.45, 2.75) is 11.8 Å². The Kier molecular flexibility index (Phi) is 3.71. The Hall–Kier alpha value is -2.59. The van der Waals surface area contributed by atoms with Crippen LogP contribution in [0.15, 0.2) is 39.9 Å². The Bertz CT molecular complexity index is 784. The van der Waals surface area contributed by atoms with Crippen LogP contribution in [0.1, 0.15) is 12.6 Å². The second kappa shape index (κ2) is 5.81. The smallest absolute Gasteiger partial charge is 0.262 e. The van der Waals surface area contributed by atoms with Crippen LogP contribution in [0.3, 0.4) is 0 Å². The van der Waals surface area contributed by atoms with E-state index in [4.69, 9.17) is 9.78 Å². The maximum Gasteiger partial charge on any atom is 0.262 e. The number of aromatic amines is 1. The summed E-state index contributed by atoms with van der Waals surface area (Å²) in [4.78, 5) is 5.51. The molecule has 0 aliphatic heterocycles. The Labute approximate surface area is 125 Å². The number of thioether (sulfide) groups is 1. The maximum atomic E-state index is 8.96. The summed E-state index contributed by atoms with van der Waals surface area (Å²) in [5, 5.41) is 19.3. The topological polar surface area (TPSA) is 91.4 Å². The fraction of sp³-hybridized carbons (Fsp3) is 0.143. The number of nitrogens with zero attached hydrogens (tertiary/aromatic N) is 4. The molecule has 0 bridgehead atoms. The average molecular weight is 297 g/mol. The van der Waals surface area contributed by atoms with Gasteiger partial charge in [-0.3, -0.25) is 5.10 Å². The van der Waals surface area contributed by atoms with Gasteiger partial charge in [-0.1, -0.05) is 12.1 Å². The summed E-state index contributed by atoms with van der Waals surface area (Å²) in [6.07, 6.45) is 1.50. The second-order valence-corrected chi connectivity index (χ2v) is 5.49. The first-order valence-corrected chi connectivity index (χ1v) is 7.31. The Balaban J connectivity index is 1.90. The second-order valence-electron chi connectivity index (χ2n) is 4.15. The molecule has 0 amide bonds. The highest BCUT2D eigenvalue weighted by Crippen LogP contribution is 2.25. The van der Waals surface area contributed by atoms with Crippen molar-refractivity contribution < 1.29 is 4.52 Å². The van der Waals surface area contributed by atoms with Gasteiger partial charge in [-0.05, 0) is 30.0 Å². The summed E-state index contributed by atoms with van der Waals surface area (Å²) in [7, 11) is 0. The van der Waals surface area contributed by atoms with Crippen molar-refractivity contribution in [3.63, 3.8) is 0 Å². The monoisotopic (exact) mass is 297 g/mol. The van der Waals surface area contributed by atoms with Crippen LogP contribution in [0.4, 0.5) is 0 Å². The van der Waals surface area contributed by atoms with Crippen LogP contribution in [0, 0.1) is 11.3 Å². The third-order valence-corrected chi connectivity index (χ3v) is 3.73. The van der Waals surface area contributed by atoms with Gasteiger partial charge in [0.1, 0.15) is 11.8 Å². The lowest BCUT2D eigenvalue weighted by Gasteiger charge is -1.98. The molecular weight excluding hydrogens is 286 g/mol. The number of rotatable bonds is 4. The van der Waals surface area contributed by atoms with Gasteiger partial charge in [0.15, 0.2) is 0 Å². The van der Waals surface area contributed by atoms with E-state index in [0.717, 1.165) is 11.3 Å². The normalized spacial score (nSPS) is 10.5. The van der Waals surface area contributed by atoms with Crippen LogP contribution in [0.25, 0.3) is 22.8 Å². The molecule has 3 rings (SSSR count). The summed E-state index contributed by atoms with van der Waals surface area (Å²) in [5.74, 6) is 1.80. The third kappa shape index (κ3) is 2.66. The van der Waals surface area contributed by atoms with Gasteiger partial charge >= 0.3 is 0 Å². The molecule has 0 aliphatic carbocycles. The molecule has 0 atom stereocenters. The van der Waals surface area contributed by atoms with Crippen LogP contribution in [0.5, 0.6) is 0 Å². The van der Waals surface area contributed by atoms with Gasteiger partial charge in [0.05, 0.1) is 11.8 Å². The molecule has 0 saturated carbocycles. The van der Waals surface area contributed by atoms with Crippen molar-refractivity contribution >= 4 is 11.8 Å². The summed E-state index contributed by atoms with van der Waals surface area (Å²) < 4.78 is 5.21. The number of benzene rings is 1. The molecule has 7 heteroatoms. The van der Waals surface area contributed by atoms with Crippen LogP contribution >= 0.6 is 11.8 Å². The van der Waals surface area contributed by atoms with Crippen molar-refractivity contribution in [2.75, 3.05) is 5.75 Å². The van der Waals surface area contributed by atoms with Gasteiger partial charge in [-0.25, -0.2) is 0 Å². The van der Waals surface area contributed by atoms with Gasteiger partial charge in [0.25, 0.3) is 5.89 Å². The molecule has 21 heavy (non-hydrogen) atoms. The van der Waals surface area contributed by atoms with E-state index in [0.29, 0.717) is 17.1 Å². The number of hydrogen-bond acceptors (Lipinski definition) is 6. The lowest BCUT2D eigenvalue weighted by atomic mass is 10.2. The van der Waals surface area contributed by atoms with Gasteiger partial charge in [-0.15, -0.1) is 11.8 Å². The molecule has 1 N–H and O–H groups in total. The lowest BCUT2D eigenvalue weighted by molar-refractivity contribution is 0.432. The molecular formula is C14H11N5OS. The van der Waals surface area contributed by atoms with E-state index in [-0.39, 0.29) is 5.89 Å². The molecule has 0 fully saturated rings.